The van der Waals surface area contributed by atoms with Gasteiger partial charge in [-0.2, -0.15) is 13.2 Å². The van der Waals surface area contributed by atoms with Crippen molar-refractivity contribution in [3.8, 4) is 0 Å². The summed E-state index contributed by atoms with van der Waals surface area (Å²) in [6, 6.07) is 0. The third-order valence-corrected chi connectivity index (χ3v) is 3.02. The first-order chi connectivity index (χ1) is 9.57. The maximum Gasteiger partial charge on any atom is 0.454 e. The number of hydrogen-bond acceptors (Lipinski definition) is 2. The highest BCUT2D eigenvalue weighted by Gasteiger charge is 2.42. The third-order valence-electron chi connectivity index (χ3n) is 3.02. The number of fused-ring (bicyclic) bond motifs is 1. The van der Waals surface area contributed by atoms with Crippen LogP contribution in [0.2, 0.25) is 0 Å². The molecule has 9 heteroatoms. The maximum absolute atomic E-state index is 13.5. The number of carbonyl (C=O) groups excluding carboxylic acids is 1. The van der Waals surface area contributed by atoms with Gasteiger partial charge in [0, 0.05) is 11.1 Å². The van der Waals surface area contributed by atoms with Gasteiger partial charge in [0.25, 0.3) is 5.78 Å². The molecule has 0 saturated carbocycles. The summed E-state index contributed by atoms with van der Waals surface area (Å²) in [7, 11) is 0. The highest BCUT2D eigenvalue weighted by molar-refractivity contribution is 6.05. The molecule has 0 fully saturated rings. The number of hydrogen-bond donors (Lipinski definition) is 0. The zero-order valence-corrected chi connectivity index (χ0v) is 9.88. The van der Waals surface area contributed by atoms with Crippen LogP contribution >= 0.6 is 0 Å². The Balaban J connectivity index is 2.72. The molecule has 0 radical (unpaired) electrons. The van der Waals surface area contributed by atoms with E-state index >= 15 is 0 Å². The number of carbonyl (C=O) groups is 1. The fraction of sp³-hybridized carbons (Fsp3) is 0.250. The van der Waals surface area contributed by atoms with Crippen LogP contribution < -0.4 is 5.11 Å². The molecule has 1 aromatic rings. The van der Waals surface area contributed by atoms with Gasteiger partial charge in [-0.25, -0.2) is 17.6 Å². The van der Waals surface area contributed by atoms with Crippen LogP contribution in [0, 0.1) is 23.3 Å². The Morgan fingerprint density at radius 2 is 1.43 bits per heavy atom. The molecule has 0 heterocycles. The number of alkyl halides is 3. The van der Waals surface area contributed by atoms with Crippen LogP contribution in [0.25, 0.3) is 5.76 Å². The SMILES string of the molecule is O=C(C1=C([O-])c2c(F)c(F)c(F)c(F)c2CC1)C(F)(F)F. The molecule has 0 spiro atoms. The summed E-state index contributed by atoms with van der Waals surface area (Å²) in [6.45, 7) is 0. The molecule has 0 amide bonds. The van der Waals surface area contributed by atoms with Gasteiger partial charge in [0.15, 0.2) is 23.3 Å². The number of allylic oxidation sites excluding steroid dienone is 1. The van der Waals surface area contributed by atoms with E-state index in [-0.39, 0.29) is 0 Å². The molecule has 0 bridgehead atoms. The molecule has 1 aliphatic rings. The van der Waals surface area contributed by atoms with Crippen LogP contribution in [0.15, 0.2) is 5.57 Å². The average molecular weight is 313 g/mol. The van der Waals surface area contributed by atoms with Crippen molar-refractivity contribution in [3.63, 3.8) is 0 Å². The molecule has 0 saturated heterocycles. The number of halogens is 7. The van der Waals surface area contributed by atoms with E-state index in [2.05, 4.69) is 0 Å². The van der Waals surface area contributed by atoms with Gasteiger partial charge in [0.05, 0.1) is 0 Å². The predicted octanol–water partition coefficient (Wildman–Crippen LogP) is 2.39. The minimum Gasteiger partial charge on any atom is -0.872 e. The highest BCUT2D eigenvalue weighted by atomic mass is 19.4. The molecular weight excluding hydrogens is 309 g/mol. The van der Waals surface area contributed by atoms with Crippen molar-refractivity contribution in [2.24, 2.45) is 0 Å². The van der Waals surface area contributed by atoms with Gasteiger partial charge in [-0.3, -0.25) is 4.79 Å². The van der Waals surface area contributed by atoms with E-state index in [0.717, 1.165) is 0 Å². The summed E-state index contributed by atoms with van der Waals surface area (Å²) in [5, 5.41) is 11.7. The second kappa shape index (κ2) is 4.74. The summed E-state index contributed by atoms with van der Waals surface area (Å²) in [5.74, 6) is -12.7. The van der Waals surface area contributed by atoms with Crippen molar-refractivity contribution in [1.29, 1.82) is 0 Å². The summed E-state index contributed by atoms with van der Waals surface area (Å²) < 4.78 is 89.8. The molecule has 2 rings (SSSR count). The predicted molar refractivity (Wildman–Crippen MR) is 52.6 cm³/mol. The smallest absolute Gasteiger partial charge is 0.454 e. The highest BCUT2D eigenvalue weighted by Crippen LogP contribution is 2.37. The number of benzene rings is 1. The molecule has 0 N–H and O–H groups in total. The number of Topliss-reactive ketones (excluding diaryl/α,β-unsaturated/α-hetero) is 1. The second-order valence-corrected chi connectivity index (χ2v) is 4.24. The Hall–Kier alpha value is -2.06. The van der Waals surface area contributed by atoms with Gasteiger partial charge in [-0.15, -0.1) is 0 Å². The Bertz CT molecular complexity index is 673. The van der Waals surface area contributed by atoms with Crippen LogP contribution in [0.5, 0.6) is 0 Å². The number of ketones is 1. The Morgan fingerprint density at radius 1 is 0.905 bits per heavy atom. The summed E-state index contributed by atoms with van der Waals surface area (Å²) in [6.07, 6.45) is -6.94. The van der Waals surface area contributed by atoms with Gasteiger partial charge in [0.2, 0.25) is 0 Å². The number of rotatable bonds is 1. The molecule has 1 aliphatic carbocycles. The summed E-state index contributed by atoms with van der Waals surface area (Å²) in [5.41, 5.74) is -3.58. The zero-order valence-electron chi connectivity index (χ0n) is 9.88. The Labute approximate surface area is 112 Å². The molecule has 0 atom stereocenters. The van der Waals surface area contributed by atoms with E-state index in [0.29, 0.717) is 0 Å². The Kier molecular flexibility index (Phi) is 3.46. The lowest BCUT2D eigenvalue weighted by Crippen LogP contribution is -2.30. The van der Waals surface area contributed by atoms with Crippen LogP contribution in [0.3, 0.4) is 0 Å². The van der Waals surface area contributed by atoms with E-state index in [4.69, 9.17) is 0 Å². The molecule has 0 unspecified atom stereocenters. The minimum atomic E-state index is -5.38. The van der Waals surface area contributed by atoms with Crippen molar-refractivity contribution < 1.29 is 40.6 Å². The standard InChI is InChI=1S/C12H5F7O2/c13-6-3-1-2-4(11(21)12(17,18)19)10(20)5(3)7(14)9(16)8(6)15/h20H,1-2H2/p-1. The summed E-state index contributed by atoms with van der Waals surface area (Å²) in [4.78, 5) is 11.0. The van der Waals surface area contributed by atoms with E-state index in [9.17, 15) is 40.6 Å². The van der Waals surface area contributed by atoms with Crippen molar-refractivity contribution in [1.82, 2.24) is 0 Å². The fourth-order valence-electron chi connectivity index (χ4n) is 2.05. The van der Waals surface area contributed by atoms with Crippen LogP contribution in [0.4, 0.5) is 30.7 Å². The Morgan fingerprint density at radius 3 is 1.95 bits per heavy atom. The normalized spacial score (nSPS) is 15.2. The van der Waals surface area contributed by atoms with Crippen LogP contribution in [-0.2, 0) is 11.2 Å². The molecule has 0 aromatic heterocycles. The largest absolute Gasteiger partial charge is 0.872 e. The summed E-state index contributed by atoms with van der Waals surface area (Å²) >= 11 is 0. The van der Waals surface area contributed by atoms with E-state index in [1.54, 1.807) is 0 Å². The molecule has 114 valence electrons. The monoisotopic (exact) mass is 313 g/mol. The first-order valence-electron chi connectivity index (χ1n) is 5.44. The van der Waals surface area contributed by atoms with Crippen molar-refractivity contribution in [3.05, 3.63) is 40.0 Å². The van der Waals surface area contributed by atoms with Gasteiger partial charge < -0.3 is 5.11 Å². The first-order valence-corrected chi connectivity index (χ1v) is 5.44. The first kappa shape index (κ1) is 15.3. The maximum atomic E-state index is 13.5. The van der Waals surface area contributed by atoms with Crippen LogP contribution in [-0.4, -0.2) is 12.0 Å². The minimum absolute atomic E-state index is 0.724. The topological polar surface area (TPSA) is 40.1 Å². The quantitative estimate of drug-likeness (QED) is 0.454. The molecular formula is C12H4F7O2-. The molecule has 2 nitrogen and oxygen atoms in total. The zero-order chi connectivity index (χ0) is 16.1. The van der Waals surface area contributed by atoms with Gasteiger partial charge in [0.1, 0.15) is 0 Å². The second-order valence-electron chi connectivity index (χ2n) is 4.24. The molecule has 21 heavy (non-hydrogen) atoms. The molecule has 1 aromatic carbocycles. The van der Waals surface area contributed by atoms with Crippen LogP contribution in [0.1, 0.15) is 17.5 Å². The third kappa shape index (κ3) is 2.26. The van der Waals surface area contributed by atoms with Crippen molar-refractivity contribution in [2.75, 3.05) is 0 Å². The van der Waals surface area contributed by atoms with E-state index in [1.807, 2.05) is 0 Å². The van der Waals surface area contributed by atoms with Gasteiger partial charge in [-0.05, 0) is 18.4 Å². The van der Waals surface area contributed by atoms with Gasteiger partial charge >= 0.3 is 6.18 Å². The van der Waals surface area contributed by atoms with E-state index < -0.39 is 70.5 Å². The van der Waals surface area contributed by atoms with Crippen molar-refractivity contribution >= 4 is 11.5 Å². The lowest BCUT2D eigenvalue weighted by atomic mass is 9.87. The van der Waals surface area contributed by atoms with E-state index in [1.165, 1.54) is 0 Å². The van der Waals surface area contributed by atoms with Gasteiger partial charge in [-0.1, -0.05) is 5.76 Å². The molecule has 0 aliphatic heterocycles. The van der Waals surface area contributed by atoms with Crippen molar-refractivity contribution in [2.45, 2.75) is 19.0 Å². The lowest BCUT2D eigenvalue weighted by Gasteiger charge is -2.28. The fourth-order valence-corrected chi connectivity index (χ4v) is 2.05. The average Bonchev–Trinajstić information content (AvgIpc) is 2.40. The lowest BCUT2D eigenvalue weighted by molar-refractivity contribution is -0.246.